The fourth-order valence-electron chi connectivity index (χ4n) is 4.36. The molecule has 0 saturated carbocycles. The van der Waals surface area contributed by atoms with Crippen LogP contribution in [-0.2, 0) is 26.2 Å². The number of nitrogens with one attached hydrogen (secondary N) is 1. The fraction of sp³-hybridized carbons (Fsp3) is 0.355. The summed E-state index contributed by atoms with van der Waals surface area (Å²) in [6.07, 6.45) is 1.08. The third kappa shape index (κ3) is 8.01. The number of methoxy groups -OCH3 is 1. The Balaban J connectivity index is 2.08. The number of carbonyl (C=O) groups is 2. The van der Waals surface area contributed by atoms with Crippen LogP contribution in [0.3, 0.4) is 0 Å². The van der Waals surface area contributed by atoms with Crippen LogP contribution >= 0.6 is 11.6 Å². The van der Waals surface area contributed by atoms with Gasteiger partial charge in [0.15, 0.2) is 0 Å². The standard InChI is InChI=1S/C31H38ClN3O5S/c1-6-17-33-31(37)29(7-2)34(20-24-9-8-10-26(18-24)40-5)30(36)21-35(25-14-13-23(4)28(32)19-25)41(38,39)27-15-11-22(3)12-16-27/h8-16,18-19,29H,6-7,17,20-21H2,1-5H3,(H,33,37). The monoisotopic (exact) mass is 599 g/mol. The highest BCUT2D eigenvalue weighted by Crippen LogP contribution is 2.29. The first kappa shape index (κ1) is 32.0. The number of nitrogens with zero attached hydrogens (tertiary/aromatic N) is 2. The topological polar surface area (TPSA) is 96.0 Å². The summed E-state index contributed by atoms with van der Waals surface area (Å²) < 4.78 is 34.3. The number of hydrogen-bond acceptors (Lipinski definition) is 5. The van der Waals surface area contributed by atoms with Crippen LogP contribution in [0.2, 0.25) is 5.02 Å². The summed E-state index contributed by atoms with van der Waals surface area (Å²) in [5, 5.41) is 3.25. The van der Waals surface area contributed by atoms with E-state index < -0.39 is 28.5 Å². The van der Waals surface area contributed by atoms with Crippen molar-refractivity contribution in [2.75, 3.05) is 24.5 Å². The molecule has 1 atom stereocenters. The molecule has 3 aromatic carbocycles. The van der Waals surface area contributed by atoms with E-state index in [0.29, 0.717) is 23.7 Å². The summed E-state index contributed by atoms with van der Waals surface area (Å²) >= 11 is 6.39. The van der Waals surface area contributed by atoms with Gasteiger partial charge in [0.25, 0.3) is 10.0 Å². The lowest BCUT2D eigenvalue weighted by Gasteiger charge is -2.33. The third-order valence-corrected chi connectivity index (χ3v) is 8.95. The van der Waals surface area contributed by atoms with Crippen molar-refractivity contribution in [1.29, 1.82) is 0 Å². The van der Waals surface area contributed by atoms with E-state index >= 15 is 0 Å². The highest BCUT2D eigenvalue weighted by molar-refractivity contribution is 7.92. The number of carbonyl (C=O) groups excluding carboxylic acids is 2. The van der Waals surface area contributed by atoms with Crippen LogP contribution in [0.5, 0.6) is 5.75 Å². The summed E-state index contributed by atoms with van der Waals surface area (Å²) in [6, 6.07) is 17.7. The third-order valence-electron chi connectivity index (χ3n) is 6.75. The van der Waals surface area contributed by atoms with Crippen LogP contribution < -0.4 is 14.4 Å². The molecule has 3 rings (SSSR count). The van der Waals surface area contributed by atoms with Crippen molar-refractivity contribution in [2.24, 2.45) is 0 Å². The SMILES string of the molecule is CCCNC(=O)C(CC)N(Cc1cccc(OC)c1)C(=O)CN(c1ccc(C)c(Cl)c1)S(=O)(=O)c1ccc(C)cc1. The summed E-state index contributed by atoms with van der Waals surface area (Å²) in [5.74, 6) is -0.216. The molecular weight excluding hydrogens is 562 g/mol. The number of amides is 2. The van der Waals surface area contributed by atoms with E-state index in [0.717, 1.165) is 27.4 Å². The Morgan fingerprint density at radius 2 is 1.71 bits per heavy atom. The van der Waals surface area contributed by atoms with Crippen molar-refractivity contribution < 1.29 is 22.7 Å². The van der Waals surface area contributed by atoms with Crippen molar-refractivity contribution >= 4 is 39.1 Å². The van der Waals surface area contributed by atoms with Gasteiger partial charge in [-0.1, -0.05) is 61.3 Å². The minimum atomic E-state index is -4.17. The van der Waals surface area contributed by atoms with Crippen molar-refractivity contribution in [2.45, 2.75) is 58.0 Å². The van der Waals surface area contributed by atoms with Gasteiger partial charge in [-0.15, -0.1) is 0 Å². The van der Waals surface area contributed by atoms with Gasteiger partial charge < -0.3 is 15.0 Å². The molecule has 10 heteroatoms. The molecule has 1 unspecified atom stereocenters. The quantitative estimate of drug-likeness (QED) is 0.280. The number of sulfonamides is 1. The number of ether oxygens (including phenoxy) is 1. The number of rotatable bonds is 13. The van der Waals surface area contributed by atoms with Crippen LogP contribution in [0.25, 0.3) is 0 Å². The van der Waals surface area contributed by atoms with Gasteiger partial charge in [-0.05, 0) is 74.2 Å². The number of anilines is 1. The van der Waals surface area contributed by atoms with E-state index in [2.05, 4.69) is 5.32 Å². The second kappa shape index (κ2) is 14.4. The Labute approximate surface area is 248 Å². The molecule has 3 aromatic rings. The predicted octanol–water partition coefficient (Wildman–Crippen LogP) is 5.49. The predicted molar refractivity (Wildman–Crippen MR) is 163 cm³/mol. The lowest BCUT2D eigenvalue weighted by atomic mass is 10.1. The van der Waals surface area contributed by atoms with E-state index in [-0.39, 0.29) is 23.0 Å². The van der Waals surface area contributed by atoms with E-state index in [1.807, 2.05) is 33.8 Å². The second-order valence-corrected chi connectivity index (χ2v) is 12.1. The molecule has 2 amide bonds. The zero-order chi connectivity index (χ0) is 30.2. The number of benzene rings is 3. The van der Waals surface area contributed by atoms with E-state index in [1.54, 1.807) is 49.6 Å². The van der Waals surface area contributed by atoms with Gasteiger partial charge >= 0.3 is 0 Å². The Kier molecular flexibility index (Phi) is 11.2. The van der Waals surface area contributed by atoms with Gasteiger partial charge in [-0.2, -0.15) is 0 Å². The summed E-state index contributed by atoms with van der Waals surface area (Å²) in [7, 11) is -2.62. The highest BCUT2D eigenvalue weighted by Gasteiger charge is 2.33. The lowest BCUT2D eigenvalue weighted by molar-refractivity contribution is -0.140. The summed E-state index contributed by atoms with van der Waals surface area (Å²) in [5.41, 5.74) is 2.66. The number of hydrogen-bond donors (Lipinski definition) is 1. The van der Waals surface area contributed by atoms with Gasteiger partial charge in [-0.3, -0.25) is 13.9 Å². The van der Waals surface area contributed by atoms with Crippen LogP contribution in [0, 0.1) is 13.8 Å². The van der Waals surface area contributed by atoms with Gasteiger partial charge in [0.2, 0.25) is 11.8 Å². The minimum absolute atomic E-state index is 0.0414. The van der Waals surface area contributed by atoms with Crippen LogP contribution in [-0.4, -0.2) is 51.4 Å². The Morgan fingerprint density at radius 3 is 2.32 bits per heavy atom. The van der Waals surface area contributed by atoms with E-state index in [9.17, 15) is 18.0 Å². The molecule has 0 bridgehead atoms. The zero-order valence-corrected chi connectivity index (χ0v) is 25.8. The average Bonchev–Trinajstić information content (AvgIpc) is 2.96. The zero-order valence-electron chi connectivity index (χ0n) is 24.2. The molecular formula is C31H38ClN3O5S. The highest BCUT2D eigenvalue weighted by atomic mass is 35.5. The molecule has 0 saturated heterocycles. The first-order valence-electron chi connectivity index (χ1n) is 13.6. The second-order valence-electron chi connectivity index (χ2n) is 9.85. The lowest BCUT2D eigenvalue weighted by Crippen LogP contribution is -2.52. The van der Waals surface area contributed by atoms with Gasteiger partial charge in [-0.25, -0.2) is 8.42 Å². The van der Waals surface area contributed by atoms with Crippen molar-refractivity contribution in [3.63, 3.8) is 0 Å². The first-order valence-corrected chi connectivity index (χ1v) is 15.4. The van der Waals surface area contributed by atoms with Gasteiger partial charge in [0.1, 0.15) is 18.3 Å². The molecule has 0 heterocycles. The molecule has 0 radical (unpaired) electrons. The summed E-state index contributed by atoms with van der Waals surface area (Å²) in [4.78, 5) is 28.8. The fourth-order valence-corrected chi connectivity index (χ4v) is 5.94. The largest absolute Gasteiger partial charge is 0.497 e. The number of aryl methyl sites for hydroxylation is 2. The molecule has 220 valence electrons. The maximum absolute atomic E-state index is 14.1. The molecule has 41 heavy (non-hydrogen) atoms. The smallest absolute Gasteiger partial charge is 0.264 e. The van der Waals surface area contributed by atoms with Crippen LogP contribution in [0.4, 0.5) is 5.69 Å². The van der Waals surface area contributed by atoms with Crippen molar-refractivity contribution in [3.05, 3.63) is 88.4 Å². The Bertz CT molecular complexity index is 1460. The van der Waals surface area contributed by atoms with Crippen molar-refractivity contribution in [1.82, 2.24) is 10.2 Å². The Hall–Kier alpha value is -3.56. The molecule has 1 N–H and O–H groups in total. The first-order chi connectivity index (χ1) is 19.5. The number of halogens is 1. The molecule has 0 aliphatic rings. The van der Waals surface area contributed by atoms with Gasteiger partial charge in [0, 0.05) is 18.1 Å². The van der Waals surface area contributed by atoms with Gasteiger partial charge in [0.05, 0.1) is 17.7 Å². The van der Waals surface area contributed by atoms with Crippen molar-refractivity contribution in [3.8, 4) is 5.75 Å². The maximum Gasteiger partial charge on any atom is 0.264 e. The minimum Gasteiger partial charge on any atom is -0.497 e. The van der Waals surface area contributed by atoms with E-state index in [1.165, 1.54) is 23.1 Å². The molecule has 0 aliphatic heterocycles. The van der Waals surface area contributed by atoms with Crippen LogP contribution in [0.1, 0.15) is 43.4 Å². The summed E-state index contributed by atoms with van der Waals surface area (Å²) in [6.45, 7) is 7.46. The molecule has 0 aliphatic carbocycles. The molecule has 0 aromatic heterocycles. The molecule has 8 nitrogen and oxygen atoms in total. The van der Waals surface area contributed by atoms with Crippen LogP contribution in [0.15, 0.2) is 71.6 Å². The maximum atomic E-state index is 14.1. The molecule has 0 spiro atoms. The molecule has 0 fully saturated rings. The normalized spacial score (nSPS) is 12.0. The Morgan fingerprint density at radius 1 is 1.00 bits per heavy atom. The van der Waals surface area contributed by atoms with E-state index in [4.69, 9.17) is 16.3 Å². The average molecular weight is 600 g/mol.